The van der Waals surface area contributed by atoms with Crippen LogP contribution in [0.5, 0.6) is 0 Å². The van der Waals surface area contributed by atoms with Gasteiger partial charge >= 0.3 is 0 Å². The van der Waals surface area contributed by atoms with Crippen molar-refractivity contribution in [1.29, 1.82) is 0 Å². The molecule has 0 radical (unpaired) electrons. The van der Waals surface area contributed by atoms with Gasteiger partial charge in [0.05, 0.1) is 5.69 Å². The second-order valence-electron chi connectivity index (χ2n) is 5.46. The largest absolute Gasteiger partial charge is 0.358 e. The molecule has 2 aromatic rings. The molecule has 1 N–H and O–H groups in total. The van der Waals surface area contributed by atoms with Gasteiger partial charge in [-0.3, -0.25) is 0 Å². The summed E-state index contributed by atoms with van der Waals surface area (Å²) in [5.41, 5.74) is 2.12. The summed E-state index contributed by atoms with van der Waals surface area (Å²) in [5, 5.41) is 7.91. The molecule has 0 bridgehead atoms. The average molecular weight is 259 g/mol. The highest BCUT2D eigenvalue weighted by molar-refractivity contribution is 5.68. The molecule has 19 heavy (non-hydrogen) atoms. The lowest BCUT2D eigenvalue weighted by Gasteiger charge is -2.28. The Balaban J connectivity index is 1.82. The van der Waals surface area contributed by atoms with Gasteiger partial charge in [0.15, 0.2) is 5.82 Å². The molecule has 1 unspecified atom stereocenters. The second-order valence-corrected chi connectivity index (χ2v) is 5.46. The van der Waals surface area contributed by atoms with Crippen molar-refractivity contribution in [3.8, 4) is 0 Å². The van der Waals surface area contributed by atoms with Gasteiger partial charge in [0, 0.05) is 26.0 Å². The molecule has 102 valence electrons. The van der Waals surface area contributed by atoms with E-state index in [0.717, 1.165) is 36.7 Å². The molecule has 0 spiro atoms. The maximum absolute atomic E-state index is 4.53. The normalized spacial score (nSPS) is 19.8. The first-order valence-corrected chi connectivity index (χ1v) is 6.97. The van der Waals surface area contributed by atoms with Crippen LogP contribution in [0.3, 0.4) is 0 Å². The predicted octanol–water partition coefficient (Wildman–Crippen LogP) is 1.47. The Morgan fingerprint density at radius 1 is 1.53 bits per heavy atom. The number of piperidine rings is 1. The first-order chi connectivity index (χ1) is 9.24. The van der Waals surface area contributed by atoms with Crippen molar-refractivity contribution in [1.82, 2.24) is 19.9 Å². The minimum Gasteiger partial charge on any atom is -0.358 e. The molecule has 5 heteroatoms. The van der Waals surface area contributed by atoms with Crippen LogP contribution >= 0.6 is 0 Å². The molecule has 5 nitrogen and oxygen atoms in total. The van der Waals surface area contributed by atoms with E-state index < -0.39 is 0 Å². The van der Waals surface area contributed by atoms with Gasteiger partial charge < -0.3 is 10.2 Å². The summed E-state index contributed by atoms with van der Waals surface area (Å²) in [7, 11) is 2.12. The number of hydrogen-bond donors (Lipinski definition) is 1. The van der Waals surface area contributed by atoms with Crippen LogP contribution < -0.4 is 10.2 Å². The van der Waals surface area contributed by atoms with Crippen molar-refractivity contribution in [2.45, 2.75) is 19.8 Å². The van der Waals surface area contributed by atoms with E-state index >= 15 is 0 Å². The van der Waals surface area contributed by atoms with Crippen LogP contribution in [0.1, 0.15) is 18.5 Å². The number of aromatic nitrogens is 3. The summed E-state index contributed by atoms with van der Waals surface area (Å²) < 4.78 is 1.91. The SMILES string of the molecule is Cc1cc2c(N(C)CC3CCCNC3)nccn2n1. The molecule has 1 fully saturated rings. The highest BCUT2D eigenvalue weighted by atomic mass is 15.3. The van der Waals surface area contributed by atoms with E-state index in [1.54, 1.807) is 0 Å². The zero-order chi connectivity index (χ0) is 13.2. The molecule has 1 saturated heterocycles. The fourth-order valence-corrected chi connectivity index (χ4v) is 2.88. The van der Waals surface area contributed by atoms with Crippen LogP contribution in [0.25, 0.3) is 5.52 Å². The molecule has 1 aliphatic rings. The standard InChI is InChI=1S/C14H21N5/c1-11-8-13-14(16-6-7-19(13)17-11)18(2)10-12-4-3-5-15-9-12/h6-8,12,15H,3-5,9-10H2,1-2H3. The van der Waals surface area contributed by atoms with Crippen LogP contribution in [-0.2, 0) is 0 Å². The first-order valence-electron chi connectivity index (χ1n) is 6.97. The van der Waals surface area contributed by atoms with Crippen molar-refractivity contribution in [3.05, 3.63) is 24.2 Å². The van der Waals surface area contributed by atoms with Crippen LogP contribution in [-0.4, -0.2) is 41.3 Å². The summed E-state index contributed by atoms with van der Waals surface area (Å²) >= 11 is 0. The lowest BCUT2D eigenvalue weighted by molar-refractivity contribution is 0.380. The summed E-state index contributed by atoms with van der Waals surface area (Å²) in [4.78, 5) is 6.79. The molecule has 0 amide bonds. The zero-order valence-corrected chi connectivity index (χ0v) is 11.6. The van der Waals surface area contributed by atoms with E-state index in [-0.39, 0.29) is 0 Å². The lowest BCUT2D eigenvalue weighted by Crippen LogP contribution is -2.37. The number of nitrogens with zero attached hydrogens (tertiary/aromatic N) is 4. The lowest BCUT2D eigenvalue weighted by atomic mass is 9.99. The number of hydrogen-bond acceptors (Lipinski definition) is 4. The van der Waals surface area contributed by atoms with Crippen LogP contribution in [0.15, 0.2) is 18.5 Å². The molecule has 0 saturated carbocycles. The Labute approximate surface area is 113 Å². The Morgan fingerprint density at radius 2 is 2.42 bits per heavy atom. The molecule has 2 aromatic heterocycles. The van der Waals surface area contributed by atoms with E-state index in [4.69, 9.17) is 0 Å². The van der Waals surface area contributed by atoms with E-state index in [0.29, 0.717) is 5.92 Å². The Kier molecular flexibility index (Phi) is 3.38. The monoisotopic (exact) mass is 259 g/mol. The second kappa shape index (κ2) is 5.17. The van der Waals surface area contributed by atoms with Crippen molar-refractivity contribution in [2.24, 2.45) is 5.92 Å². The van der Waals surface area contributed by atoms with Gasteiger partial charge in [0.2, 0.25) is 0 Å². The van der Waals surface area contributed by atoms with Crippen LogP contribution in [0, 0.1) is 12.8 Å². The Morgan fingerprint density at radius 3 is 3.21 bits per heavy atom. The molecular weight excluding hydrogens is 238 g/mol. The Bertz CT molecular complexity index is 556. The van der Waals surface area contributed by atoms with Crippen LogP contribution in [0.4, 0.5) is 5.82 Å². The number of anilines is 1. The van der Waals surface area contributed by atoms with E-state index in [9.17, 15) is 0 Å². The third-order valence-corrected chi connectivity index (χ3v) is 3.78. The molecule has 3 heterocycles. The molecular formula is C14H21N5. The van der Waals surface area contributed by atoms with E-state index in [2.05, 4.69) is 33.4 Å². The smallest absolute Gasteiger partial charge is 0.154 e. The van der Waals surface area contributed by atoms with Gasteiger partial charge in [-0.1, -0.05) is 0 Å². The molecule has 3 rings (SSSR count). The van der Waals surface area contributed by atoms with Crippen molar-refractivity contribution >= 4 is 11.3 Å². The van der Waals surface area contributed by atoms with Gasteiger partial charge in [-0.2, -0.15) is 5.10 Å². The molecule has 0 aliphatic carbocycles. The quantitative estimate of drug-likeness (QED) is 0.907. The van der Waals surface area contributed by atoms with Gasteiger partial charge in [-0.25, -0.2) is 9.50 Å². The van der Waals surface area contributed by atoms with E-state index in [1.165, 1.54) is 12.8 Å². The maximum Gasteiger partial charge on any atom is 0.154 e. The molecule has 1 atom stereocenters. The van der Waals surface area contributed by atoms with Crippen molar-refractivity contribution in [3.63, 3.8) is 0 Å². The minimum absolute atomic E-state index is 0.713. The van der Waals surface area contributed by atoms with Crippen LogP contribution in [0.2, 0.25) is 0 Å². The number of fused-ring (bicyclic) bond motifs is 1. The fraction of sp³-hybridized carbons (Fsp3) is 0.571. The summed E-state index contributed by atoms with van der Waals surface area (Å²) in [6.07, 6.45) is 6.31. The van der Waals surface area contributed by atoms with Crippen molar-refractivity contribution < 1.29 is 0 Å². The minimum atomic E-state index is 0.713. The third-order valence-electron chi connectivity index (χ3n) is 3.78. The average Bonchev–Trinajstić information content (AvgIpc) is 2.79. The number of rotatable bonds is 3. The first kappa shape index (κ1) is 12.4. The van der Waals surface area contributed by atoms with Gasteiger partial charge in [0.1, 0.15) is 5.52 Å². The summed E-state index contributed by atoms with van der Waals surface area (Å²) in [6, 6.07) is 2.10. The maximum atomic E-state index is 4.53. The Hall–Kier alpha value is -1.62. The summed E-state index contributed by atoms with van der Waals surface area (Å²) in [5.74, 6) is 1.73. The molecule has 0 aromatic carbocycles. The van der Waals surface area contributed by atoms with E-state index in [1.807, 2.05) is 23.8 Å². The third kappa shape index (κ3) is 2.56. The van der Waals surface area contributed by atoms with Crippen molar-refractivity contribution in [2.75, 3.05) is 31.6 Å². The topological polar surface area (TPSA) is 45.5 Å². The highest BCUT2D eigenvalue weighted by Gasteiger charge is 2.17. The predicted molar refractivity (Wildman–Crippen MR) is 76.6 cm³/mol. The van der Waals surface area contributed by atoms with Gasteiger partial charge in [-0.15, -0.1) is 0 Å². The summed E-state index contributed by atoms with van der Waals surface area (Å²) in [6.45, 7) is 5.34. The number of aryl methyl sites for hydroxylation is 1. The van der Waals surface area contributed by atoms with Gasteiger partial charge in [0.25, 0.3) is 0 Å². The number of nitrogens with one attached hydrogen (secondary N) is 1. The highest BCUT2D eigenvalue weighted by Crippen LogP contribution is 2.20. The molecule has 1 aliphatic heterocycles. The zero-order valence-electron chi connectivity index (χ0n) is 11.6. The van der Waals surface area contributed by atoms with Gasteiger partial charge in [-0.05, 0) is 44.8 Å². The fourth-order valence-electron chi connectivity index (χ4n) is 2.88.